The van der Waals surface area contributed by atoms with Crippen LogP contribution in [-0.2, 0) is 9.59 Å². The molecule has 2 aromatic rings. The van der Waals surface area contributed by atoms with Gasteiger partial charge >= 0.3 is 0 Å². The summed E-state index contributed by atoms with van der Waals surface area (Å²) in [6.07, 6.45) is 5.48. The molecule has 1 heterocycles. The van der Waals surface area contributed by atoms with Crippen molar-refractivity contribution in [1.82, 2.24) is 4.90 Å². The smallest absolute Gasteiger partial charge is 0.259 e. The van der Waals surface area contributed by atoms with Crippen LogP contribution in [0, 0.1) is 56.3 Å². The maximum atomic E-state index is 13.7. The fourth-order valence-electron chi connectivity index (χ4n) is 6.52. The number of likely N-dealkylation sites (tertiary alicyclic amines) is 1. The fraction of sp³-hybridized carbons (Fsp3) is 0.393. The summed E-state index contributed by atoms with van der Waals surface area (Å²) in [4.78, 5) is 43.7. The zero-order valence-corrected chi connectivity index (χ0v) is 19.2. The van der Waals surface area contributed by atoms with E-state index < -0.39 is 0 Å². The minimum atomic E-state index is -0.258. The van der Waals surface area contributed by atoms with Gasteiger partial charge in [0.05, 0.1) is 11.8 Å². The van der Waals surface area contributed by atoms with Crippen LogP contribution < -0.4 is 4.90 Å². The van der Waals surface area contributed by atoms with Gasteiger partial charge in [-0.3, -0.25) is 24.2 Å². The number of rotatable bonds is 4. The van der Waals surface area contributed by atoms with Crippen molar-refractivity contribution in [1.29, 1.82) is 0 Å². The summed E-state index contributed by atoms with van der Waals surface area (Å²) in [6.45, 7) is 5.91. The lowest BCUT2D eigenvalue weighted by Crippen LogP contribution is -2.45. The number of nitrogens with zero attached hydrogens (tertiary/aromatic N) is 2. The Hall–Kier alpha value is -3.21. The van der Waals surface area contributed by atoms with Crippen molar-refractivity contribution in [2.24, 2.45) is 35.5 Å². The first-order valence-corrected chi connectivity index (χ1v) is 11.8. The summed E-state index contributed by atoms with van der Waals surface area (Å²) < 4.78 is 0. The highest BCUT2D eigenvalue weighted by Gasteiger charge is 2.67. The van der Waals surface area contributed by atoms with Crippen molar-refractivity contribution >= 4 is 23.4 Å². The number of hydrogen-bond donors (Lipinski definition) is 0. The number of allylic oxidation sites excluding steroid dienone is 2. The number of imide groups is 1. The first-order chi connectivity index (χ1) is 15.8. The van der Waals surface area contributed by atoms with Crippen molar-refractivity contribution < 1.29 is 14.4 Å². The van der Waals surface area contributed by atoms with Crippen molar-refractivity contribution in [3.8, 4) is 0 Å². The molecule has 0 spiro atoms. The van der Waals surface area contributed by atoms with Crippen LogP contribution in [0.25, 0.3) is 0 Å². The van der Waals surface area contributed by atoms with E-state index in [0.717, 1.165) is 23.1 Å². The molecule has 3 fully saturated rings. The summed E-state index contributed by atoms with van der Waals surface area (Å²) in [5.41, 5.74) is 4.38. The molecule has 5 nitrogen and oxygen atoms in total. The average molecular weight is 441 g/mol. The molecule has 6 atom stereocenters. The first-order valence-electron chi connectivity index (χ1n) is 11.8. The van der Waals surface area contributed by atoms with Gasteiger partial charge in [-0.1, -0.05) is 35.9 Å². The molecular weight excluding hydrogens is 412 g/mol. The maximum absolute atomic E-state index is 13.7. The van der Waals surface area contributed by atoms with Crippen LogP contribution >= 0.6 is 0 Å². The highest BCUT2D eigenvalue weighted by Crippen LogP contribution is 2.65. The standard InChI is InChI=1S/C28H28N2O3/c1-15-4-6-18(7-5-15)26(31)29(19-11-16(2)10-17(3)12-19)14-30-27(32)24-20-8-9-21(23-13-22(20)23)25(24)28(30)33/h4-12,20-25H,13-14H2,1-3H3. The van der Waals surface area contributed by atoms with Crippen molar-refractivity contribution in [2.75, 3.05) is 11.6 Å². The average Bonchev–Trinajstić information content (AvgIpc) is 3.57. The van der Waals surface area contributed by atoms with E-state index in [1.165, 1.54) is 4.90 Å². The molecule has 5 heteroatoms. The van der Waals surface area contributed by atoms with Crippen LogP contribution in [-0.4, -0.2) is 29.3 Å². The molecule has 0 N–H and O–H groups in total. The summed E-state index contributed by atoms with van der Waals surface area (Å²) >= 11 is 0. The van der Waals surface area contributed by atoms with Gasteiger partial charge in [-0.05, 0) is 86.3 Å². The van der Waals surface area contributed by atoms with Crippen LogP contribution in [0.2, 0.25) is 0 Å². The number of carbonyl (C=O) groups is 3. The molecule has 3 amide bonds. The van der Waals surface area contributed by atoms with Gasteiger partial charge in [0.1, 0.15) is 6.67 Å². The largest absolute Gasteiger partial charge is 0.290 e. The van der Waals surface area contributed by atoms with Crippen LogP contribution in [0.15, 0.2) is 54.6 Å². The topological polar surface area (TPSA) is 57.7 Å². The Bertz CT molecular complexity index is 1160. The minimum Gasteiger partial charge on any atom is -0.290 e. The molecule has 33 heavy (non-hydrogen) atoms. The summed E-state index contributed by atoms with van der Waals surface area (Å²) in [6, 6.07) is 13.4. The third-order valence-corrected chi connectivity index (χ3v) is 8.10. The highest BCUT2D eigenvalue weighted by molar-refractivity contribution is 6.10. The van der Waals surface area contributed by atoms with E-state index >= 15 is 0 Å². The molecular formula is C28H28N2O3. The van der Waals surface area contributed by atoms with Crippen molar-refractivity contribution in [3.05, 3.63) is 76.9 Å². The van der Waals surface area contributed by atoms with E-state index in [2.05, 4.69) is 12.2 Å². The van der Waals surface area contributed by atoms with Crippen LogP contribution in [0.5, 0.6) is 0 Å². The van der Waals surface area contributed by atoms with Gasteiger partial charge in [-0.15, -0.1) is 0 Å². The van der Waals surface area contributed by atoms with Crippen LogP contribution in [0.1, 0.15) is 33.5 Å². The molecule has 5 aliphatic rings. The van der Waals surface area contributed by atoms with E-state index in [-0.39, 0.29) is 48.1 Å². The Morgan fingerprint density at radius 2 is 1.39 bits per heavy atom. The normalized spacial score (nSPS) is 30.9. The SMILES string of the molecule is Cc1ccc(C(=O)N(CN2C(=O)C3C4C=CC(C5CC45)C3C2=O)c2cc(C)cc(C)c2)cc1. The molecule has 4 aliphatic carbocycles. The molecule has 1 aliphatic heterocycles. The van der Waals surface area contributed by atoms with Gasteiger partial charge in [0.2, 0.25) is 11.8 Å². The zero-order valence-electron chi connectivity index (χ0n) is 19.2. The quantitative estimate of drug-likeness (QED) is 0.527. The molecule has 2 bridgehead atoms. The first kappa shape index (κ1) is 20.4. The fourth-order valence-corrected chi connectivity index (χ4v) is 6.52. The molecule has 2 saturated carbocycles. The zero-order chi connectivity index (χ0) is 23.0. The van der Waals surface area contributed by atoms with Crippen molar-refractivity contribution in [3.63, 3.8) is 0 Å². The van der Waals surface area contributed by atoms with E-state index in [9.17, 15) is 14.4 Å². The predicted molar refractivity (Wildman–Crippen MR) is 125 cm³/mol. The number of anilines is 1. The van der Waals surface area contributed by atoms with E-state index in [0.29, 0.717) is 23.1 Å². The molecule has 2 aromatic carbocycles. The lowest BCUT2D eigenvalue weighted by molar-refractivity contribution is -0.140. The number of benzene rings is 2. The maximum Gasteiger partial charge on any atom is 0.259 e. The number of hydrogen-bond acceptors (Lipinski definition) is 3. The lowest BCUT2D eigenvalue weighted by Gasteiger charge is -2.37. The Labute approximate surface area is 194 Å². The lowest BCUT2D eigenvalue weighted by atomic mass is 9.63. The Morgan fingerprint density at radius 1 is 0.848 bits per heavy atom. The minimum absolute atomic E-state index is 0.0466. The van der Waals surface area contributed by atoms with Gasteiger partial charge in [-0.25, -0.2) is 0 Å². The predicted octanol–water partition coefficient (Wildman–Crippen LogP) is 4.27. The third-order valence-electron chi connectivity index (χ3n) is 8.10. The molecule has 0 radical (unpaired) electrons. The van der Waals surface area contributed by atoms with E-state index in [1.807, 2.05) is 51.1 Å². The highest BCUT2D eigenvalue weighted by atomic mass is 16.2. The van der Waals surface area contributed by atoms with Crippen LogP contribution in [0.4, 0.5) is 5.69 Å². The molecule has 1 saturated heterocycles. The second-order valence-corrected chi connectivity index (χ2v) is 10.3. The van der Waals surface area contributed by atoms with Crippen molar-refractivity contribution in [2.45, 2.75) is 27.2 Å². The molecule has 0 aromatic heterocycles. The molecule has 168 valence electrons. The number of amides is 3. The Kier molecular flexibility index (Phi) is 4.42. The van der Waals surface area contributed by atoms with E-state index in [4.69, 9.17) is 0 Å². The van der Waals surface area contributed by atoms with E-state index in [1.54, 1.807) is 17.0 Å². The Balaban J connectivity index is 1.36. The van der Waals surface area contributed by atoms with Gasteiger partial charge in [0.25, 0.3) is 5.91 Å². The van der Waals surface area contributed by atoms with Gasteiger partial charge < -0.3 is 0 Å². The van der Waals surface area contributed by atoms with Gasteiger partial charge in [0.15, 0.2) is 0 Å². The van der Waals surface area contributed by atoms with Gasteiger partial charge in [-0.2, -0.15) is 0 Å². The number of carbonyl (C=O) groups excluding carboxylic acids is 3. The Morgan fingerprint density at radius 3 is 1.94 bits per heavy atom. The summed E-state index contributed by atoms with van der Waals surface area (Å²) in [7, 11) is 0. The van der Waals surface area contributed by atoms with Gasteiger partial charge in [0, 0.05) is 11.3 Å². The molecule has 6 unspecified atom stereocenters. The number of aryl methyl sites for hydroxylation is 3. The summed E-state index contributed by atoms with van der Waals surface area (Å²) in [5, 5.41) is 0. The summed E-state index contributed by atoms with van der Waals surface area (Å²) in [5.74, 6) is 0.521. The molecule has 7 rings (SSSR count). The second-order valence-electron chi connectivity index (χ2n) is 10.3. The third kappa shape index (κ3) is 3.09. The monoisotopic (exact) mass is 440 g/mol. The second kappa shape index (κ2) is 7.14. The van der Waals surface area contributed by atoms with Crippen LogP contribution in [0.3, 0.4) is 0 Å².